The van der Waals surface area contributed by atoms with Crippen molar-refractivity contribution in [3.8, 4) is 0 Å². The first-order chi connectivity index (χ1) is 8.81. The summed E-state index contributed by atoms with van der Waals surface area (Å²) in [4.78, 5) is 0. The molecule has 0 aromatic carbocycles. The Hall–Kier alpha value is -0.900. The number of rotatable bonds is 12. The zero-order chi connectivity index (χ0) is 13.5. The minimum atomic E-state index is -2.03. The second-order valence-electron chi connectivity index (χ2n) is 3.28. The van der Waals surface area contributed by atoms with Crippen LogP contribution in [0.3, 0.4) is 0 Å². The lowest BCUT2D eigenvalue weighted by atomic mass is 10.5. The minimum Gasteiger partial charge on any atom is -0.501 e. The maximum absolute atomic E-state index is 11.2. The van der Waals surface area contributed by atoms with Gasteiger partial charge in [0.2, 0.25) is 0 Å². The van der Waals surface area contributed by atoms with E-state index in [2.05, 4.69) is 0 Å². The molecular formula is C12H22O5P+. The van der Waals surface area contributed by atoms with E-state index in [-0.39, 0.29) is 0 Å². The average Bonchev–Trinajstić information content (AvgIpc) is 2.38. The molecule has 0 spiro atoms. The lowest BCUT2D eigenvalue weighted by molar-refractivity contribution is 0.174. The molecule has 0 atom stereocenters. The van der Waals surface area contributed by atoms with Gasteiger partial charge in [0, 0.05) is 17.4 Å². The van der Waals surface area contributed by atoms with E-state index in [4.69, 9.17) is 18.5 Å². The van der Waals surface area contributed by atoms with Crippen molar-refractivity contribution >= 4 is 8.25 Å². The molecule has 0 aliphatic rings. The highest BCUT2D eigenvalue weighted by atomic mass is 31.1. The number of allylic oxidation sites excluding steroid dienone is 2. The third kappa shape index (κ3) is 13.2. The fraction of sp³-hybridized carbons (Fsp3) is 0.667. The van der Waals surface area contributed by atoms with E-state index in [1.54, 1.807) is 24.7 Å². The molecule has 18 heavy (non-hydrogen) atoms. The Balaban J connectivity index is 3.22. The van der Waals surface area contributed by atoms with Crippen molar-refractivity contribution in [2.45, 2.75) is 26.7 Å². The van der Waals surface area contributed by atoms with Crippen molar-refractivity contribution in [2.24, 2.45) is 0 Å². The Labute approximate surface area is 110 Å². The molecule has 0 rings (SSSR count). The maximum Gasteiger partial charge on any atom is 0.697 e. The summed E-state index contributed by atoms with van der Waals surface area (Å²) in [6, 6.07) is 0. The van der Waals surface area contributed by atoms with Gasteiger partial charge in [0.05, 0.1) is 25.7 Å². The van der Waals surface area contributed by atoms with Crippen LogP contribution in [0.2, 0.25) is 0 Å². The van der Waals surface area contributed by atoms with Crippen LogP contribution in [0, 0.1) is 0 Å². The van der Waals surface area contributed by atoms with E-state index in [0.717, 1.165) is 0 Å². The van der Waals surface area contributed by atoms with Crippen LogP contribution < -0.4 is 0 Å². The molecule has 0 N–H and O–H groups in total. The standard InChI is InChI=1S/C12H22O5P/c1-3-7-14-9-5-11-16-18(13)17-12-6-10-15-8-4-2/h3-4,7-8H,5-6,9-12H2,1-2H3/q+1. The molecule has 5 nitrogen and oxygen atoms in total. The van der Waals surface area contributed by atoms with Gasteiger partial charge in [0.15, 0.2) is 0 Å². The molecule has 0 saturated carbocycles. The smallest absolute Gasteiger partial charge is 0.501 e. The van der Waals surface area contributed by atoms with Crippen LogP contribution in [-0.4, -0.2) is 26.4 Å². The van der Waals surface area contributed by atoms with Gasteiger partial charge in [0.1, 0.15) is 13.2 Å². The van der Waals surface area contributed by atoms with E-state index in [0.29, 0.717) is 39.3 Å². The first-order valence-corrected chi connectivity index (χ1v) is 7.09. The molecule has 0 aromatic rings. The molecule has 0 saturated heterocycles. The lowest BCUT2D eigenvalue weighted by Crippen LogP contribution is -1.97. The quantitative estimate of drug-likeness (QED) is 0.310. The second-order valence-corrected chi connectivity index (χ2v) is 4.24. The first-order valence-electron chi connectivity index (χ1n) is 6.00. The fourth-order valence-electron chi connectivity index (χ4n) is 0.928. The predicted octanol–water partition coefficient (Wildman–Crippen LogP) is 3.56. The fourth-order valence-corrected chi connectivity index (χ4v) is 1.56. The van der Waals surface area contributed by atoms with Gasteiger partial charge in [0.25, 0.3) is 0 Å². The molecule has 0 radical (unpaired) electrons. The Bertz CT molecular complexity index is 229. The van der Waals surface area contributed by atoms with Crippen molar-refractivity contribution in [3.05, 3.63) is 24.7 Å². The highest BCUT2D eigenvalue weighted by Crippen LogP contribution is 2.23. The SMILES string of the molecule is CC=COCCCO[P+](=O)OCCCOC=CC. The van der Waals surface area contributed by atoms with Gasteiger partial charge in [-0.25, -0.2) is 0 Å². The van der Waals surface area contributed by atoms with Crippen molar-refractivity contribution in [1.82, 2.24) is 0 Å². The van der Waals surface area contributed by atoms with Crippen LogP contribution in [0.1, 0.15) is 26.7 Å². The average molecular weight is 277 g/mol. The normalized spacial score (nSPS) is 12.2. The summed E-state index contributed by atoms with van der Waals surface area (Å²) < 4.78 is 31.3. The van der Waals surface area contributed by atoms with Crippen molar-refractivity contribution in [1.29, 1.82) is 0 Å². The third-order valence-electron chi connectivity index (χ3n) is 1.67. The number of ether oxygens (including phenoxy) is 2. The molecule has 104 valence electrons. The second kappa shape index (κ2) is 14.2. The highest BCUT2D eigenvalue weighted by Gasteiger charge is 2.19. The van der Waals surface area contributed by atoms with Crippen molar-refractivity contribution in [2.75, 3.05) is 26.4 Å². The van der Waals surface area contributed by atoms with Crippen LogP contribution in [0.25, 0.3) is 0 Å². The molecule has 0 unspecified atom stereocenters. The van der Waals surface area contributed by atoms with Crippen LogP contribution >= 0.6 is 8.25 Å². The Morgan fingerprint density at radius 1 is 0.833 bits per heavy atom. The van der Waals surface area contributed by atoms with Gasteiger partial charge in [-0.3, -0.25) is 0 Å². The van der Waals surface area contributed by atoms with Gasteiger partial charge in [-0.05, 0) is 13.8 Å². The molecule has 0 aromatic heterocycles. The zero-order valence-electron chi connectivity index (χ0n) is 11.0. The lowest BCUT2D eigenvalue weighted by Gasteiger charge is -1.97. The summed E-state index contributed by atoms with van der Waals surface area (Å²) in [5.74, 6) is 0. The molecule has 0 aliphatic carbocycles. The van der Waals surface area contributed by atoms with E-state index in [9.17, 15) is 4.57 Å². The largest absolute Gasteiger partial charge is 0.697 e. The summed E-state index contributed by atoms with van der Waals surface area (Å²) >= 11 is 0. The highest BCUT2D eigenvalue weighted by molar-refractivity contribution is 7.33. The van der Waals surface area contributed by atoms with Gasteiger partial charge in [-0.15, -0.1) is 9.05 Å². The number of hydrogen-bond donors (Lipinski definition) is 0. The monoisotopic (exact) mass is 277 g/mol. The molecule has 0 heterocycles. The van der Waals surface area contributed by atoms with Crippen LogP contribution in [0.15, 0.2) is 24.7 Å². The van der Waals surface area contributed by atoms with Gasteiger partial charge < -0.3 is 9.47 Å². The Kier molecular flexibility index (Phi) is 13.5. The molecule has 0 fully saturated rings. The Morgan fingerprint density at radius 2 is 1.28 bits per heavy atom. The van der Waals surface area contributed by atoms with Crippen LogP contribution in [-0.2, 0) is 23.1 Å². The van der Waals surface area contributed by atoms with Gasteiger partial charge >= 0.3 is 8.25 Å². The van der Waals surface area contributed by atoms with Crippen molar-refractivity contribution in [3.63, 3.8) is 0 Å². The van der Waals surface area contributed by atoms with E-state index >= 15 is 0 Å². The number of hydrogen-bond acceptors (Lipinski definition) is 5. The molecular weight excluding hydrogens is 255 g/mol. The Morgan fingerprint density at radius 3 is 1.67 bits per heavy atom. The van der Waals surface area contributed by atoms with Gasteiger partial charge in [-0.1, -0.05) is 12.2 Å². The van der Waals surface area contributed by atoms with Crippen LogP contribution in [0.5, 0.6) is 0 Å². The summed E-state index contributed by atoms with van der Waals surface area (Å²) in [5.41, 5.74) is 0. The van der Waals surface area contributed by atoms with E-state index < -0.39 is 8.25 Å². The molecule has 0 aliphatic heterocycles. The summed E-state index contributed by atoms with van der Waals surface area (Å²) in [6.07, 6.45) is 8.20. The molecule has 6 heteroatoms. The maximum atomic E-state index is 11.2. The van der Waals surface area contributed by atoms with Gasteiger partial charge in [-0.2, -0.15) is 0 Å². The molecule has 0 amide bonds. The predicted molar refractivity (Wildman–Crippen MR) is 70.3 cm³/mol. The third-order valence-corrected chi connectivity index (χ3v) is 2.46. The van der Waals surface area contributed by atoms with E-state index in [1.807, 2.05) is 13.8 Å². The summed E-state index contributed by atoms with van der Waals surface area (Å²) in [6.45, 7) is 5.57. The summed E-state index contributed by atoms with van der Waals surface area (Å²) in [7, 11) is -2.03. The molecule has 0 bridgehead atoms. The van der Waals surface area contributed by atoms with Crippen LogP contribution in [0.4, 0.5) is 0 Å². The minimum absolute atomic E-state index is 0.363. The topological polar surface area (TPSA) is 54.0 Å². The summed E-state index contributed by atoms with van der Waals surface area (Å²) in [5, 5.41) is 0. The van der Waals surface area contributed by atoms with Crippen molar-refractivity contribution < 1.29 is 23.1 Å². The zero-order valence-corrected chi connectivity index (χ0v) is 11.9. The van der Waals surface area contributed by atoms with E-state index in [1.165, 1.54) is 0 Å². The first kappa shape index (κ1) is 17.1.